The Hall–Kier alpha value is -0.670. The Bertz CT molecular complexity index is 549. The van der Waals surface area contributed by atoms with Gasteiger partial charge in [-0.1, -0.05) is 25.8 Å². The molecule has 0 unspecified atom stereocenters. The third-order valence-corrected chi connectivity index (χ3v) is 7.96. The molecule has 3 nitrogen and oxygen atoms in total. The highest BCUT2D eigenvalue weighted by Gasteiger charge is 2.63. The quantitative estimate of drug-likeness (QED) is 0.676. The number of hydrogen-bond donors (Lipinski definition) is 2. The van der Waals surface area contributed by atoms with Gasteiger partial charge in [-0.15, -0.1) is 0 Å². The lowest BCUT2D eigenvalue weighted by atomic mass is 9.46. The molecule has 0 aromatic heterocycles. The highest BCUT2D eigenvalue weighted by atomic mass is 16.5. The normalized spacial score (nSPS) is 49.9. The molecule has 5 atom stereocenters. The van der Waals surface area contributed by atoms with Crippen molar-refractivity contribution in [2.24, 2.45) is 28.6 Å². The van der Waals surface area contributed by atoms with Gasteiger partial charge < -0.3 is 10.2 Å². The minimum atomic E-state index is -1.87. The Balaban J connectivity index is 1.77. The van der Waals surface area contributed by atoms with Gasteiger partial charge in [0.2, 0.25) is 0 Å². The molecule has 122 valence electrons. The smallest absolute Gasteiger partial charge is 0.179 e. The van der Waals surface area contributed by atoms with E-state index in [1.54, 1.807) is 6.08 Å². The molecular formula is C19H28O3. The monoisotopic (exact) mass is 304 g/mol. The van der Waals surface area contributed by atoms with Crippen LogP contribution in [0.25, 0.3) is 0 Å². The summed E-state index contributed by atoms with van der Waals surface area (Å²) in [6.07, 6.45) is 9.80. The fraction of sp³-hybridized carbons (Fsp3) is 0.842. The summed E-state index contributed by atoms with van der Waals surface area (Å²) in [6, 6.07) is 0. The van der Waals surface area contributed by atoms with Crippen LogP contribution in [0.4, 0.5) is 0 Å². The van der Waals surface area contributed by atoms with Gasteiger partial charge in [0.15, 0.2) is 11.6 Å². The second-order valence-electron chi connectivity index (χ2n) is 8.83. The van der Waals surface area contributed by atoms with Crippen molar-refractivity contribution < 1.29 is 15.0 Å². The second-order valence-corrected chi connectivity index (χ2v) is 8.83. The lowest BCUT2D eigenvalue weighted by Crippen LogP contribution is -2.60. The molecule has 3 fully saturated rings. The summed E-state index contributed by atoms with van der Waals surface area (Å²) in [6.45, 7) is 4.46. The molecule has 0 bridgehead atoms. The molecule has 22 heavy (non-hydrogen) atoms. The zero-order chi connectivity index (χ0) is 15.8. The van der Waals surface area contributed by atoms with Gasteiger partial charge in [-0.05, 0) is 67.8 Å². The third kappa shape index (κ3) is 1.73. The number of aliphatic hydroxyl groups is 2. The van der Waals surface area contributed by atoms with E-state index in [1.165, 1.54) is 25.7 Å². The summed E-state index contributed by atoms with van der Waals surface area (Å²) in [5.41, 5.74) is 0.835. The van der Waals surface area contributed by atoms with Crippen LogP contribution in [-0.4, -0.2) is 21.8 Å². The molecule has 0 radical (unpaired) electrons. The van der Waals surface area contributed by atoms with Crippen LogP contribution in [0.5, 0.6) is 0 Å². The van der Waals surface area contributed by atoms with Crippen LogP contribution < -0.4 is 0 Å². The molecule has 2 N–H and O–H groups in total. The summed E-state index contributed by atoms with van der Waals surface area (Å²) < 4.78 is 0. The second kappa shape index (κ2) is 4.45. The first-order chi connectivity index (χ1) is 10.3. The molecule has 4 aliphatic rings. The van der Waals surface area contributed by atoms with Gasteiger partial charge in [0.25, 0.3) is 0 Å². The highest BCUT2D eigenvalue weighted by Crippen LogP contribution is 2.66. The van der Waals surface area contributed by atoms with Crippen LogP contribution in [0.2, 0.25) is 0 Å². The first-order valence-electron chi connectivity index (χ1n) is 8.97. The highest BCUT2D eigenvalue weighted by molar-refractivity contribution is 5.92. The third-order valence-electron chi connectivity index (χ3n) is 7.96. The van der Waals surface area contributed by atoms with Crippen molar-refractivity contribution in [3.8, 4) is 0 Å². The molecule has 0 aliphatic heterocycles. The van der Waals surface area contributed by atoms with Crippen LogP contribution in [0.3, 0.4) is 0 Å². The maximum absolute atomic E-state index is 11.9. The predicted octanol–water partition coefficient (Wildman–Crippen LogP) is 3.20. The van der Waals surface area contributed by atoms with Crippen LogP contribution in [0.1, 0.15) is 65.2 Å². The van der Waals surface area contributed by atoms with Gasteiger partial charge in [0.05, 0.1) is 6.42 Å². The fourth-order valence-electron chi connectivity index (χ4n) is 6.67. The van der Waals surface area contributed by atoms with Gasteiger partial charge >= 0.3 is 0 Å². The van der Waals surface area contributed by atoms with Crippen molar-refractivity contribution >= 4 is 5.78 Å². The maximum atomic E-state index is 11.9. The van der Waals surface area contributed by atoms with Crippen LogP contribution >= 0.6 is 0 Å². The van der Waals surface area contributed by atoms with E-state index in [4.69, 9.17) is 0 Å². The van der Waals surface area contributed by atoms with E-state index in [-0.39, 0.29) is 12.2 Å². The van der Waals surface area contributed by atoms with Crippen molar-refractivity contribution in [3.63, 3.8) is 0 Å². The van der Waals surface area contributed by atoms with Gasteiger partial charge in [-0.3, -0.25) is 4.79 Å². The molecular weight excluding hydrogens is 276 g/mol. The molecule has 0 amide bonds. The number of hydrogen-bond acceptors (Lipinski definition) is 3. The average Bonchev–Trinajstić information content (AvgIpc) is 2.81. The predicted molar refractivity (Wildman–Crippen MR) is 83.9 cm³/mol. The molecule has 4 aliphatic carbocycles. The zero-order valence-electron chi connectivity index (χ0n) is 13.8. The Kier molecular flexibility index (Phi) is 3.01. The topological polar surface area (TPSA) is 57.5 Å². The summed E-state index contributed by atoms with van der Waals surface area (Å²) >= 11 is 0. The van der Waals surface area contributed by atoms with E-state index in [0.29, 0.717) is 17.3 Å². The first kappa shape index (κ1) is 14.9. The summed E-state index contributed by atoms with van der Waals surface area (Å²) in [5, 5.41) is 21.5. The van der Waals surface area contributed by atoms with Crippen molar-refractivity contribution in [3.05, 3.63) is 11.6 Å². The van der Waals surface area contributed by atoms with E-state index in [2.05, 4.69) is 6.92 Å². The summed E-state index contributed by atoms with van der Waals surface area (Å²) in [7, 11) is 0. The van der Waals surface area contributed by atoms with E-state index >= 15 is 0 Å². The van der Waals surface area contributed by atoms with E-state index in [0.717, 1.165) is 30.8 Å². The number of rotatable bonds is 0. The zero-order valence-corrected chi connectivity index (χ0v) is 13.8. The number of fused-ring (bicyclic) bond motifs is 5. The SMILES string of the molecule is C[C@@]12CCC[C@H]1[C@@H]1CCC3=CC(=O)CC(O)(O)[C@]3(C)[C@H]1CC2. The van der Waals surface area contributed by atoms with Crippen LogP contribution in [0, 0.1) is 28.6 Å². The molecule has 0 aromatic carbocycles. The summed E-state index contributed by atoms with van der Waals surface area (Å²) in [4.78, 5) is 11.9. The molecule has 3 heteroatoms. The van der Waals surface area contributed by atoms with Crippen LogP contribution in [0.15, 0.2) is 11.6 Å². The number of ketones is 1. The molecule has 0 saturated heterocycles. The van der Waals surface area contributed by atoms with E-state index in [1.807, 2.05) is 6.92 Å². The van der Waals surface area contributed by atoms with Crippen molar-refractivity contribution in [2.75, 3.05) is 0 Å². The van der Waals surface area contributed by atoms with Gasteiger partial charge in [-0.25, -0.2) is 0 Å². The Morgan fingerprint density at radius 2 is 1.86 bits per heavy atom. The number of carbonyl (C=O) groups excluding carboxylic acids is 1. The Labute approximate surface area is 132 Å². The standard InChI is InChI=1S/C19H28O3/c1-17-8-3-4-15(17)14-6-5-12-10-13(20)11-19(21,22)18(12,2)16(14)7-9-17/h10,14-16,21-22H,3-9,11H2,1-2H3/t14-,15-,16-,17-,18-/m0/s1. The number of carbonyl (C=O) groups is 1. The lowest BCUT2D eigenvalue weighted by molar-refractivity contribution is -0.262. The molecule has 4 rings (SSSR count). The maximum Gasteiger partial charge on any atom is 0.179 e. The lowest BCUT2D eigenvalue weighted by Gasteiger charge is -2.60. The molecule has 3 saturated carbocycles. The molecule has 0 spiro atoms. The van der Waals surface area contributed by atoms with Crippen molar-refractivity contribution in [1.29, 1.82) is 0 Å². The minimum Gasteiger partial charge on any atom is -0.365 e. The van der Waals surface area contributed by atoms with Crippen molar-refractivity contribution in [1.82, 2.24) is 0 Å². The summed E-state index contributed by atoms with van der Waals surface area (Å²) in [5.74, 6) is -0.360. The van der Waals surface area contributed by atoms with Gasteiger partial charge in [0, 0.05) is 5.41 Å². The van der Waals surface area contributed by atoms with Crippen molar-refractivity contribution in [2.45, 2.75) is 71.0 Å². The van der Waals surface area contributed by atoms with Gasteiger partial charge in [0.1, 0.15) is 0 Å². The molecule has 0 heterocycles. The van der Waals surface area contributed by atoms with E-state index < -0.39 is 11.2 Å². The van der Waals surface area contributed by atoms with Crippen LogP contribution in [-0.2, 0) is 4.79 Å². The Morgan fingerprint density at radius 3 is 2.64 bits per heavy atom. The largest absolute Gasteiger partial charge is 0.365 e. The minimum absolute atomic E-state index is 0.127. The average molecular weight is 304 g/mol. The van der Waals surface area contributed by atoms with Gasteiger partial charge in [-0.2, -0.15) is 0 Å². The molecule has 0 aromatic rings. The first-order valence-corrected chi connectivity index (χ1v) is 8.97. The fourth-order valence-corrected chi connectivity index (χ4v) is 6.67. The Morgan fingerprint density at radius 1 is 1.09 bits per heavy atom. The van der Waals surface area contributed by atoms with E-state index in [9.17, 15) is 15.0 Å².